The van der Waals surface area contributed by atoms with Crippen LogP contribution in [0.15, 0.2) is 24.3 Å². The first-order valence-corrected chi connectivity index (χ1v) is 5.86. The SMILES string of the molecule is CCOC(=O)C(=O)C(C)C(=O)c1ccc(Cl)cc1.[Na+]. The molecule has 1 aromatic carbocycles. The molecule has 0 aliphatic carbocycles. The second-order valence-corrected chi connectivity index (χ2v) is 4.11. The van der Waals surface area contributed by atoms with Gasteiger partial charge >= 0.3 is 35.5 Å². The molecule has 0 aliphatic rings. The van der Waals surface area contributed by atoms with Gasteiger partial charge in [-0.1, -0.05) is 11.6 Å². The Kier molecular flexibility index (Phi) is 8.18. The summed E-state index contributed by atoms with van der Waals surface area (Å²) in [5, 5.41) is 0.496. The molecule has 0 aliphatic heterocycles. The minimum absolute atomic E-state index is 0. The van der Waals surface area contributed by atoms with E-state index in [-0.39, 0.29) is 36.2 Å². The van der Waals surface area contributed by atoms with Crippen molar-refractivity contribution in [2.75, 3.05) is 6.61 Å². The third-order valence-electron chi connectivity index (χ3n) is 2.39. The number of Topliss-reactive ketones (excluding diaryl/α,β-unsaturated/α-hetero) is 2. The van der Waals surface area contributed by atoms with Crippen molar-refractivity contribution in [3.63, 3.8) is 0 Å². The van der Waals surface area contributed by atoms with E-state index in [0.717, 1.165) is 0 Å². The van der Waals surface area contributed by atoms with Gasteiger partial charge in [0, 0.05) is 10.6 Å². The maximum Gasteiger partial charge on any atom is 1.00 e. The first-order chi connectivity index (χ1) is 8.47. The zero-order valence-corrected chi connectivity index (χ0v) is 13.9. The number of carbonyl (C=O) groups excluding carboxylic acids is 3. The van der Waals surface area contributed by atoms with E-state index in [0.29, 0.717) is 10.6 Å². The number of ether oxygens (including phenoxy) is 1. The molecule has 0 aromatic heterocycles. The average Bonchev–Trinajstić information content (AvgIpc) is 2.37. The van der Waals surface area contributed by atoms with Crippen molar-refractivity contribution in [2.24, 2.45) is 5.92 Å². The molecule has 0 saturated heterocycles. The van der Waals surface area contributed by atoms with Crippen LogP contribution >= 0.6 is 11.6 Å². The standard InChI is InChI=1S/C13H13ClO4.Na/c1-3-18-13(17)12(16)8(2)11(15)9-4-6-10(14)7-5-9;/h4-8H,3H2,1-2H3;/q;+1. The van der Waals surface area contributed by atoms with E-state index >= 15 is 0 Å². The first kappa shape index (κ1) is 18.3. The van der Waals surface area contributed by atoms with Gasteiger partial charge in [-0.2, -0.15) is 0 Å². The summed E-state index contributed by atoms with van der Waals surface area (Å²) in [6.07, 6.45) is 0. The predicted octanol–water partition coefficient (Wildman–Crippen LogP) is -0.705. The fourth-order valence-corrected chi connectivity index (χ4v) is 1.49. The van der Waals surface area contributed by atoms with E-state index in [4.69, 9.17) is 11.6 Å². The molecule has 0 N–H and O–H groups in total. The molecule has 96 valence electrons. The van der Waals surface area contributed by atoms with Crippen LogP contribution in [0.5, 0.6) is 0 Å². The zero-order valence-electron chi connectivity index (χ0n) is 11.1. The summed E-state index contributed by atoms with van der Waals surface area (Å²) >= 11 is 5.70. The van der Waals surface area contributed by atoms with Crippen molar-refractivity contribution in [1.29, 1.82) is 0 Å². The molecule has 1 unspecified atom stereocenters. The van der Waals surface area contributed by atoms with E-state index in [1.807, 2.05) is 0 Å². The van der Waals surface area contributed by atoms with Gasteiger partial charge in [0.25, 0.3) is 5.78 Å². The van der Waals surface area contributed by atoms with E-state index in [9.17, 15) is 14.4 Å². The van der Waals surface area contributed by atoms with Crippen molar-refractivity contribution in [2.45, 2.75) is 13.8 Å². The molecule has 0 fully saturated rings. The van der Waals surface area contributed by atoms with E-state index in [2.05, 4.69) is 4.74 Å². The molecule has 1 atom stereocenters. The topological polar surface area (TPSA) is 60.4 Å². The van der Waals surface area contributed by atoms with Gasteiger partial charge in [0.05, 0.1) is 12.5 Å². The summed E-state index contributed by atoms with van der Waals surface area (Å²) in [6.45, 7) is 3.08. The Morgan fingerprint density at radius 3 is 2.21 bits per heavy atom. The number of hydrogen-bond donors (Lipinski definition) is 0. The van der Waals surface area contributed by atoms with Crippen LogP contribution in [-0.4, -0.2) is 24.1 Å². The second kappa shape index (κ2) is 8.48. The van der Waals surface area contributed by atoms with Gasteiger partial charge in [-0.25, -0.2) is 4.79 Å². The monoisotopic (exact) mass is 291 g/mol. The Morgan fingerprint density at radius 1 is 1.21 bits per heavy atom. The molecular formula is C13H13ClNaO4+. The molecule has 4 nitrogen and oxygen atoms in total. The molecule has 0 amide bonds. The van der Waals surface area contributed by atoms with Crippen LogP contribution in [-0.2, 0) is 14.3 Å². The van der Waals surface area contributed by atoms with Crippen LogP contribution in [0.1, 0.15) is 24.2 Å². The number of ketones is 2. The maximum absolute atomic E-state index is 11.9. The van der Waals surface area contributed by atoms with Gasteiger partial charge in [0.2, 0.25) is 0 Å². The quantitative estimate of drug-likeness (QED) is 0.237. The van der Waals surface area contributed by atoms with E-state index < -0.39 is 23.5 Å². The average molecular weight is 292 g/mol. The number of rotatable bonds is 5. The second-order valence-electron chi connectivity index (χ2n) is 3.68. The van der Waals surface area contributed by atoms with Crippen LogP contribution in [0.4, 0.5) is 0 Å². The summed E-state index contributed by atoms with van der Waals surface area (Å²) in [5.41, 5.74) is 0.338. The summed E-state index contributed by atoms with van der Waals surface area (Å²) in [4.78, 5) is 34.8. The summed E-state index contributed by atoms with van der Waals surface area (Å²) in [5.74, 6) is -3.29. The van der Waals surface area contributed by atoms with Gasteiger partial charge in [-0.15, -0.1) is 0 Å². The summed E-state index contributed by atoms with van der Waals surface area (Å²) in [6, 6.07) is 6.13. The molecule has 19 heavy (non-hydrogen) atoms. The number of hydrogen-bond acceptors (Lipinski definition) is 4. The maximum atomic E-state index is 11.9. The van der Waals surface area contributed by atoms with Crippen LogP contribution < -0.4 is 29.6 Å². The van der Waals surface area contributed by atoms with Crippen molar-refractivity contribution >= 4 is 29.1 Å². The largest absolute Gasteiger partial charge is 1.00 e. The Morgan fingerprint density at radius 2 is 1.74 bits per heavy atom. The normalized spacial score (nSPS) is 11.1. The predicted molar refractivity (Wildman–Crippen MR) is 66.6 cm³/mol. The molecule has 0 bridgehead atoms. The first-order valence-electron chi connectivity index (χ1n) is 5.48. The van der Waals surface area contributed by atoms with Gasteiger partial charge in [-0.3, -0.25) is 9.59 Å². The zero-order chi connectivity index (χ0) is 13.7. The van der Waals surface area contributed by atoms with E-state index in [1.165, 1.54) is 19.1 Å². The summed E-state index contributed by atoms with van der Waals surface area (Å²) in [7, 11) is 0. The number of carbonyl (C=O) groups is 3. The number of benzene rings is 1. The third kappa shape index (κ3) is 5.07. The molecule has 1 rings (SSSR count). The fraction of sp³-hybridized carbons (Fsp3) is 0.308. The van der Waals surface area contributed by atoms with Crippen LogP contribution in [0, 0.1) is 5.92 Å². The third-order valence-corrected chi connectivity index (χ3v) is 2.64. The van der Waals surface area contributed by atoms with Crippen molar-refractivity contribution in [3.05, 3.63) is 34.9 Å². The van der Waals surface area contributed by atoms with Crippen molar-refractivity contribution in [1.82, 2.24) is 0 Å². The van der Waals surface area contributed by atoms with Crippen molar-refractivity contribution < 1.29 is 48.7 Å². The molecule has 0 saturated carbocycles. The van der Waals surface area contributed by atoms with Crippen LogP contribution in [0.3, 0.4) is 0 Å². The molecular weight excluding hydrogens is 279 g/mol. The van der Waals surface area contributed by atoms with Crippen molar-refractivity contribution in [3.8, 4) is 0 Å². The smallest absolute Gasteiger partial charge is 0.460 e. The van der Waals surface area contributed by atoms with Gasteiger partial charge in [0.1, 0.15) is 0 Å². The molecule has 0 heterocycles. The Bertz CT molecular complexity index is 470. The van der Waals surface area contributed by atoms with Crippen LogP contribution in [0.2, 0.25) is 5.02 Å². The fourth-order valence-electron chi connectivity index (χ4n) is 1.36. The number of esters is 1. The number of halogens is 1. The Labute approximate surface area is 138 Å². The molecule has 0 spiro atoms. The minimum atomic E-state index is -1.05. The Hall–Kier alpha value is -0.680. The van der Waals surface area contributed by atoms with Gasteiger partial charge < -0.3 is 4.74 Å². The minimum Gasteiger partial charge on any atom is -0.460 e. The molecule has 6 heteroatoms. The van der Waals surface area contributed by atoms with E-state index in [1.54, 1.807) is 19.1 Å². The molecule has 0 radical (unpaired) electrons. The molecule has 1 aromatic rings. The summed E-state index contributed by atoms with van der Waals surface area (Å²) < 4.78 is 4.57. The Balaban J connectivity index is 0.00000324. The van der Waals surface area contributed by atoms with Gasteiger partial charge in [-0.05, 0) is 38.1 Å². The van der Waals surface area contributed by atoms with Gasteiger partial charge in [0.15, 0.2) is 5.78 Å². The van der Waals surface area contributed by atoms with Crippen LogP contribution in [0.25, 0.3) is 0 Å².